The van der Waals surface area contributed by atoms with Crippen molar-refractivity contribution in [3.63, 3.8) is 0 Å². The molecule has 152 valence electrons. The van der Waals surface area contributed by atoms with Gasteiger partial charge in [0, 0.05) is 18.2 Å². The van der Waals surface area contributed by atoms with Crippen LogP contribution in [0.4, 0.5) is 0 Å². The van der Waals surface area contributed by atoms with Crippen molar-refractivity contribution in [3.8, 4) is 17.2 Å². The molecular formula is C21H34N2O4. The molecule has 0 saturated heterocycles. The summed E-state index contributed by atoms with van der Waals surface area (Å²) in [5, 5.41) is 3.13. The van der Waals surface area contributed by atoms with Crippen molar-refractivity contribution < 1.29 is 19.0 Å². The maximum Gasteiger partial charge on any atom is 0.251 e. The summed E-state index contributed by atoms with van der Waals surface area (Å²) in [6.07, 6.45) is 5.95. The minimum atomic E-state index is -0.152. The Morgan fingerprint density at radius 2 is 1.59 bits per heavy atom. The molecule has 1 atom stereocenters. The lowest BCUT2D eigenvalue weighted by molar-refractivity contribution is 0.0914. The van der Waals surface area contributed by atoms with Crippen molar-refractivity contribution in [2.75, 3.05) is 26.4 Å². The Labute approximate surface area is 162 Å². The first-order chi connectivity index (χ1) is 13.1. The van der Waals surface area contributed by atoms with Gasteiger partial charge in [0.1, 0.15) is 0 Å². The van der Waals surface area contributed by atoms with Gasteiger partial charge in [0.05, 0.1) is 19.8 Å². The van der Waals surface area contributed by atoms with Crippen molar-refractivity contribution >= 4 is 5.91 Å². The van der Waals surface area contributed by atoms with E-state index in [1.807, 2.05) is 20.8 Å². The Bertz CT molecular complexity index is 573. The summed E-state index contributed by atoms with van der Waals surface area (Å²) in [5.74, 6) is 1.89. The average Bonchev–Trinajstić information content (AvgIpc) is 2.69. The molecule has 3 N–H and O–H groups in total. The lowest BCUT2D eigenvalue weighted by atomic mass is 9.84. The van der Waals surface area contributed by atoms with E-state index in [4.69, 9.17) is 19.9 Å². The molecule has 27 heavy (non-hydrogen) atoms. The fraction of sp³-hybridized carbons (Fsp3) is 0.667. The summed E-state index contributed by atoms with van der Waals surface area (Å²) in [4.78, 5) is 12.9. The summed E-state index contributed by atoms with van der Waals surface area (Å²) in [5.41, 5.74) is 6.46. The maximum absolute atomic E-state index is 12.9. The van der Waals surface area contributed by atoms with E-state index in [-0.39, 0.29) is 11.9 Å². The largest absolute Gasteiger partial charge is 0.490 e. The molecule has 0 aromatic heterocycles. The zero-order valence-electron chi connectivity index (χ0n) is 16.9. The Morgan fingerprint density at radius 1 is 1.04 bits per heavy atom. The Hall–Kier alpha value is -1.95. The number of hydrogen-bond donors (Lipinski definition) is 2. The van der Waals surface area contributed by atoms with E-state index in [9.17, 15) is 4.79 Å². The van der Waals surface area contributed by atoms with Gasteiger partial charge in [-0.2, -0.15) is 0 Å². The smallest absolute Gasteiger partial charge is 0.251 e. The van der Waals surface area contributed by atoms with Crippen molar-refractivity contribution in [2.45, 2.75) is 58.9 Å². The number of amides is 1. The number of hydrogen-bond acceptors (Lipinski definition) is 5. The third-order valence-corrected chi connectivity index (χ3v) is 4.96. The Balaban J connectivity index is 2.24. The van der Waals surface area contributed by atoms with Crippen LogP contribution in [0.5, 0.6) is 17.2 Å². The number of nitrogens with two attached hydrogens (primary N) is 1. The second-order valence-corrected chi connectivity index (χ2v) is 6.81. The molecule has 0 heterocycles. The van der Waals surface area contributed by atoms with E-state index in [1.54, 1.807) is 12.1 Å². The number of benzene rings is 1. The van der Waals surface area contributed by atoms with Gasteiger partial charge in [0.25, 0.3) is 5.91 Å². The molecular weight excluding hydrogens is 344 g/mol. The molecule has 1 unspecified atom stereocenters. The lowest BCUT2D eigenvalue weighted by Gasteiger charge is -2.30. The van der Waals surface area contributed by atoms with Crippen molar-refractivity contribution in [3.05, 3.63) is 17.7 Å². The molecule has 6 nitrogen and oxygen atoms in total. The highest BCUT2D eigenvalue weighted by atomic mass is 16.5. The molecule has 0 radical (unpaired) electrons. The molecule has 1 saturated carbocycles. The predicted octanol–water partition coefficient (Wildman–Crippen LogP) is 3.52. The highest BCUT2D eigenvalue weighted by Crippen LogP contribution is 2.39. The van der Waals surface area contributed by atoms with Gasteiger partial charge in [-0.05, 0) is 51.7 Å². The first-order valence-electron chi connectivity index (χ1n) is 10.2. The second kappa shape index (κ2) is 11.0. The van der Waals surface area contributed by atoms with Gasteiger partial charge in [-0.3, -0.25) is 4.79 Å². The van der Waals surface area contributed by atoms with E-state index in [0.717, 1.165) is 12.8 Å². The molecule has 1 aliphatic rings. The SMILES string of the molecule is CCOc1cc(C(=O)NC(CN)C2CCCCC2)cc(OCC)c1OCC. The number of rotatable bonds is 10. The fourth-order valence-corrected chi connectivity index (χ4v) is 3.68. The van der Waals surface area contributed by atoms with Gasteiger partial charge in [-0.1, -0.05) is 19.3 Å². The topological polar surface area (TPSA) is 82.8 Å². The minimum absolute atomic E-state index is 0.00421. The molecule has 0 spiro atoms. The van der Waals surface area contributed by atoms with E-state index < -0.39 is 0 Å². The van der Waals surface area contributed by atoms with Crippen LogP contribution in [-0.2, 0) is 0 Å². The van der Waals surface area contributed by atoms with Crippen LogP contribution >= 0.6 is 0 Å². The van der Waals surface area contributed by atoms with Crippen molar-refractivity contribution in [1.82, 2.24) is 5.32 Å². The fourth-order valence-electron chi connectivity index (χ4n) is 3.68. The van der Waals surface area contributed by atoms with E-state index in [1.165, 1.54) is 19.3 Å². The van der Waals surface area contributed by atoms with Crippen LogP contribution in [0.3, 0.4) is 0 Å². The normalized spacial score (nSPS) is 15.9. The third-order valence-electron chi connectivity index (χ3n) is 4.96. The van der Waals surface area contributed by atoms with Gasteiger partial charge >= 0.3 is 0 Å². The zero-order valence-corrected chi connectivity index (χ0v) is 16.9. The standard InChI is InChI=1S/C21H34N2O4/c1-4-25-18-12-16(13-19(26-5-2)20(18)27-6-3)21(24)23-17(14-22)15-10-8-7-9-11-15/h12-13,15,17H,4-11,14,22H2,1-3H3,(H,23,24). The zero-order chi connectivity index (χ0) is 19.6. The van der Waals surface area contributed by atoms with Gasteiger partial charge in [-0.25, -0.2) is 0 Å². The third kappa shape index (κ3) is 5.76. The summed E-state index contributed by atoms with van der Waals surface area (Å²) >= 11 is 0. The molecule has 0 bridgehead atoms. The predicted molar refractivity (Wildman–Crippen MR) is 107 cm³/mol. The molecule has 2 rings (SSSR count). The highest BCUT2D eigenvalue weighted by molar-refractivity contribution is 5.95. The van der Waals surface area contributed by atoms with Crippen LogP contribution in [0.1, 0.15) is 63.2 Å². The van der Waals surface area contributed by atoms with Gasteiger partial charge in [0.15, 0.2) is 11.5 Å². The maximum atomic E-state index is 12.9. The van der Waals surface area contributed by atoms with Crippen LogP contribution in [0.2, 0.25) is 0 Å². The average molecular weight is 379 g/mol. The summed E-state index contributed by atoms with van der Waals surface area (Å²) < 4.78 is 17.1. The Kier molecular flexibility index (Phi) is 8.72. The summed E-state index contributed by atoms with van der Waals surface area (Å²) in [6.45, 7) is 7.59. The molecule has 6 heteroatoms. The minimum Gasteiger partial charge on any atom is -0.490 e. The first-order valence-corrected chi connectivity index (χ1v) is 10.2. The second-order valence-electron chi connectivity index (χ2n) is 6.81. The van der Waals surface area contributed by atoms with E-state index in [2.05, 4.69) is 5.32 Å². The Morgan fingerprint density at radius 3 is 2.07 bits per heavy atom. The van der Waals surface area contributed by atoms with Crippen molar-refractivity contribution in [2.24, 2.45) is 11.7 Å². The van der Waals surface area contributed by atoms with Crippen LogP contribution in [0.25, 0.3) is 0 Å². The van der Waals surface area contributed by atoms with E-state index >= 15 is 0 Å². The number of carbonyl (C=O) groups is 1. The molecule has 1 aromatic rings. The molecule has 1 amide bonds. The van der Waals surface area contributed by atoms with Gasteiger partial charge in [0.2, 0.25) is 5.75 Å². The number of ether oxygens (including phenoxy) is 3. The number of carbonyl (C=O) groups excluding carboxylic acids is 1. The van der Waals surface area contributed by atoms with Crippen LogP contribution < -0.4 is 25.3 Å². The number of nitrogens with one attached hydrogen (secondary N) is 1. The van der Waals surface area contributed by atoms with Crippen molar-refractivity contribution in [1.29, 1.82) is 0 Å². The van der Waals surface area contributed by atoms with Crippen LogP contribution in [0, 0.1) is 5.92 Å². The van der Waals surface area contributed by atoms with E-state index in [0.29, 0.717) is 55.1 Å². The summed E-state index contributed by atoms with van der Waals surface area (Å²) in [7, 11) is 0. The molecule has 0 aliphatic heterocycles. The van der Waals surface area contributed by atoms with Gasteiger partial charge in [-0.15, -0.1) is 0 Å². The lowest BCUT2D eigenvalue weighted by Crippen LogP contribution is -2.45. The molecule has 1 aliphatic carbocycles. The summed E-state index contributed by atoms with van der Waals surface area (Å²) in [6, 6.07) is 3.44. The molecule has 1 aromatic carbocycles. The first kappa shape index (κ1) is 21.4. The van der Waals surface area contributed by atoms with Gasteiger partial charge < -0.3 is 25.3 Å². The quantitative estimate of drug-likeness (QED) is 0.651. The van der Waals surface area contributed by atoms with Crippen LogP contribution in [-0.4, -0.2) is 38.3 Å². The molecule has 1 fully saturated rings. The monoisotopic (exact) mass is 378 g/mol. The van der Waals surface area contributed by atoms with Crippen LogP contribution in [0.15, 0.2) is 12.1 Å². The highest BCUT2D eigenvalue weighted by Gasteiger charge is 2.25.